The Labute approximate surface area is 228 Å². The first-order chi connectivity index (χ1) is 18.3. The molecule has 4 aromatic rings. The van der Waals surface area contributed by atoms with Crippen molar-refractivity contribution in [3.8, 4) is 11.1 Å². The van der Waals surface area contributed by atoms with Crippen molar-refractivity contribution >= 4 is 51.7 Å². The van der Waals surface area contributed by atoms with Gasteiger partial charge in [-0.1, -0.05) is 71.7 Å². The molecular weight excluding hydrogens is 525 g/mol. The average molecular weight is 548 g/mol. The molecule has 2 N–H and O–H groups in total. The maximum Gasteiger partial charge on any atom is 0.303 e. The normalized spacial score (nSPS) is 15.1. The third kappa shape index (κ3) is 5.08. The van der Waals surface area contributed by atoms with Crippen LogP contribution in [-0.2, 0) is 9.59 Å². The van der Waals surface area contributed by atoms with Gasteiger partial charge in [0.1, 0.15) is 0 Å². The Morgan fingerprint density at radius 3 is 2.45 bits per heavy atom. The summed E-state index contributed by atoms with van der Waals surface area (Å²) in [4.78, 5) is 40.8. The molecule has 0 saturated heterocycles. The number of fused-ring (bicyclic) bond motifs is 1. The predicted molar refractivity (Wildman–Crippen MR) is 149 cm³/mol. The van der Waals surface area contributed by atoms with E-state index in [1.54, 1.807) is 30.3 Å². The minimum absolute atomic E-state index is 0.000734. The van der Waals surface area contributed by atoms with Crippen LogP contribution in [0.1, 0.15) is 42.9 Å². The van der Waals surface area contributed by atoms with E-state index < -0.39 is 12.0 Å². The van der Waals surface area contributed by atoms with Crippen LogP contribution >= 0.6 is 23.2 Å². The highest BCUT2D eigenvalue weighted by molar-refractivity contribution is 6.32. The van der Waals surface area contributed by atoms with E-state index in [0.717, 1.165) is 10.9 Å². The number of hydrogen-bond donors (Lipinski definition) is 2. The summed E-state index contributed by atoms with van der Waals surface area (Å²) in [6.07, 6.45) is 0.300. The molecule has 1 aromatic heterocycles. The van der Waals surface area contributed by atoms with E-state index in [-0.39, 0.29) is 37.1 Å². The van der Waals surface area contributed by atoms with Crippen molar-refractivity contribution in [3.63, 3.8) is 0 Å². The van der Waals surface area contributed by atoms with Gasteiger partial charge in [0, 0.05) is 45.8 Å². The minimum Gasteiger partial charge on any atom is -0.481 e. The van der Waals surface area contributed by atoms with E-state index in [4.69, 9.17) is 28.3 Å². The first kappa shape index (κ1) is 25.7. The highest BCUT2D eigenvalue weighted by Crippen LogP contribution is 2.39. The molecule has 0 bridgehead atoms. The summed E-state index contributed by atoms with van der Waals surface area (Å²) in [7, 11) is 0. The number of hydrogen-bond acceptors (Lipinski definition) is 4. The van der Waals surface area contributed by atoms with Gasteiger partial charge in [-0.3, -0.25) is 14.4 Å². The molecular formula is C29H23Cl2N3O4. The standard InChI is InChI=1S/C29H23Cl2N3O4/c30-18-13-14-22-20(15-18)27(17-7-2-1-3-8-17)28(29(38)32-22)23-16-24(19-9-4-5-10-21(19)31)34(33-23)25(35)11-6-12-26(36)37/h1-5,7-10,13-15,24H,6,11-12,16H2,(H,32,38)(H,36,37)/t24-/m1/s1. The molecule has 5 rings (SSSR count). The van der Waals surface area contributed by atoms with Crippen molar-refractivity contribution in [2.45, 2.75) is 31.7 Å². The topological polar surface area (TPSA) is 103 Å². The number of rotatable bonds is 7. The number of carbonyl (C=O) groups excluding carboxylic acids is 1. The highest BCUT2D eigenvalue weighted by Gasteiger charge is 2.36. The van der Waals surface area contributed by atoms with Gasteiger partial charge in [0.05, 0.1) is 17.3 Å². The molecule has 1 aliphatic rings. The molecule has 0 aliphatic carbocycles. The number of hydrazone groups is 1. The molecule has 38 heavy (non-hydrogen) atoms. The highest BCUT2D eigenvalue weighted by atomic mass is 35.5. The second-order valence-electron chi connectivity index (χ2n) is 9.03. The van der Waals surface area contributed by atoms with Gasteiger partial charge >= 0.3 is 5.97 Å². The maximum absolute atomic E-state index is 13.6. The molecule has 192 valence electrons. The van der Waals surface area contributed by atoms with Crippen LogP contribution < -0.4 is 5.56 Å². The number of pyridine rings is 1. The van der Waals surface area contributed by atoms with Crippen molar-refractivity contribution in [2.24, 2.45) is 5.10 Å². The number of benzene rings is 3. The van der Waals surface area contributed by atoms with Gasteiger partial charge in [0.25, 0.3) is 5.56 Å². The Morgan fingerprint density at radius 2 is 1.71 bits per heavy atom. The Balaban J connectivity index is 1.68. The maximum atomic E-state index is 13.6. The van der Waals surface area contributed by atoms with Crippen molar-refractivity contribution in [1.29, 1.82) is 0 Å². The third-order valence-corrected chi connectivity index (χ3v) is 7.12. The quantitative estimate of drug-likeness (QED) is 0.278. The van der Waals surface area contributed by atoms with Crippen molar-refractivity contribution in [2.75, 3.05) is 0 Å². The van der Waals surface area contributed by atoms with E-state index in [0.29, 0.717) is 38.0 Å². The lowest BCUT2D eigenvalue weighted by atomic mass is 9.91. The van der Waals surface area contributed by atoms with Gasteiger partial charge in [-0.15, -0.1) is 0 Å². The number of aliphatic carboxylic acids is 1. The van der Waals surface area contributed by atoms with Crippen LogP contribution in [0.25, 0.3) is 22.0 Å². The number of carboxylic acid groups (broad SMARTS) is 1. The molecule has 1 amide bonds. The second kappa shape index (κ2) is 10.8. The van der Waals surface area contributed by atoms with Crippen molar-refractivity contribution < 1.29 is 14.7 Å². The number of carboxylic acids is 1. The number of H-pyrrole nitrogens is 1. The lowest BCUT2D eigenvalue weighted by Crippen LogP contribution is -2.27. The van der Waals surface area contributed by atoms with Crippen LogP contribution in [0.2, 0.25) is 10.0 Å². The van der Waals surface area contributed by atoms with E-state index in [9.17, 15) is 14.4 Å². The van der Waals surface area contributed by atoms with E-state index >= 15 is 0 Å². The Hall–Kier alpha value is -3.94. The number of halogens is 2. The minimum atomic E-state index is -0.972. The van der Waals surface area contributed by atoms with Gasteiger partial charge < -0.3 is 10.1 Å². The molecule has 1 atom stereocenters. The molecule has 9 heteroatoms. The number of carbonyl (C=O) groups is 2. The zero-order valence-corrected chi connectivity index (χ0v) is 21.7. The van der Waals surface area contributed by atoms with Crippen LogP contribution in [-0.4, -0.2) is 32.7 Å². The lowest BCUT2D eigenvalue weighted by Gasteiger charge is -2.22. The zero-order valence-electron chi connectivity index (χ0n) is 20.2. The van der Waals surface area contributed by atoms with Crippen LogP contribution in [0.4, 0.5) is 0 Å². The molecule has 7 nitrogen and oxygen atoms in total. The number of nitrogens with zero attached hydrogens (tertiary/aromatic N) is 2. The first-order valence-electron chi connectivity index (χ1n) is 12.1. The Morgan fingerprint density at radius 1 is 0.974 bits per heavy atom. The molecule has 3 aromatic carbocycles. The molecule has 0 unspecified atom stereocenters. The van der Waals surface area contributed by atoms with Gasteiger partial charge in [0.15, 0.2) is 0 Å². The molecule has 2 heterocycles. The summed E-state index contributed by atoms with van der Waals surface area (Å²) in [5.74, 6) is -1.31. The fourth-order valence-corrected chi connectivity index (χ4v) is 5.26. The SMILES string of the molecule is O=C(O)CCCC(=O)N1N=C(c2c(-c3ccccc3)c3cc(Cl)ccc3[nH]c2=O)C[C@@H]1c1ccccc1Cl. The number of aromatic nitrogens is 1. The van der Waals surface area contributed by atoms with Gasteiger partial charge in [-0.05, 0) is 41.8 Å². The van der Waals surface area contributed by atoms with E-state index in [2.05, 4.69) is 10.1 Å². The first-order valence-corrected chi connectivity index (χ1v) is 12.9. The van der Waals surface area contributed by atoms with E-state index in [1.165, 1.54) is 5.01 Å². The third-order valence-electron chi connectivity index (χ3n) is 6.54. The smallest absolute Gasteiger partial charge is 0.303 e. The van der Waals surface area contributed by atoms with Crippen LogP contribution in [0.3, 0.4) is 0 Å². The van der Waals surface area contributed by atoms with Crippen molar-refractivity contribution in [3.05, 3.63) is 104 Å². The summed E-state index contributed by atoms with van der Waals surface area (Å²) in [6, 6.07) is 21.4. The molecule has 0 saturated carbocycles. The monoisotopic (exact) mass is 547 g/mol. The molecule has 0 radical (unpaired) electrons. The summed E-state index contributed by atoms with van der Waals surface area (Å²) in [5, 5.41) is 16.8. The predicted octanol–water partition coefficient (Wildman–Crippen LogP) is 6.43. The van der Waals surface area contributed by atoms with Crippen LogP contribution in [0, 0.1) is 0 Å². The number of nitrogens with one attached hydrogen (secondary N) is 1. The second-order valence-corrected chi connectivity index (χ2v) is 9.88. The summed E-state index contributed by atoms with van der Waals surface area (Å²) < 4.78 is 0. The lowest BCUT2D eigenvalue weighted by molar-refractivity contribution is -0.137. The fourth-order valence-electron chi connectivity index (χ4n) is 4.83. The van der Waals surface area contributed by atoms with Crippen LogP contribution in [0.5, 0.6) is 0 Å². The average Bonchev–Trinajstić information content (AvgIpc) is 3.33. The number of aromatic amines is 1. The summed E-state index contributed by atoms with van der Waals surface area (Å²) >= 11 is 12.9. The number of amides is 1. The largest absolute Gasteiger partial charge is 0.481 e. The summed E-state index contributed by atoms with van der Waals surface area (Å²) in [6.45, 7) is 0. The van der Waals surface area contributed by atoms with Gasteiger partial charge in [-0.2, -0.15) is 5.10 Å². The molecule has 1 aliphatic heterocycles. The molecule has 0 fully saturated rings. The molecule has 0 spiro atoms. The Kier molecular flexibility index (Phi) is 7.31. The Bertz CT molecular complexity index is 1630. The van der Waals surface area contributed by atoms with Crippen LogP contribution in [0.15, 0.2) is 82.7 Å². The zero-order chi connectivity index (χ0) is 26.8. The van der Waals surface area contributed by atoms with Gasteiger partial charge in [-0.25, -0.2) is 5.01 Å². The van der Waals surface area contributed by atoms with E-state index in [1.807, 2.05) is 42.5 Å². The summed E-state index contributed by atoms with van der Waals surface area (Å²) in [5.41, 5.74) is 3.25. The van der Waals surface area contributed by atoms with Crippen molar-refractivity contribution in [1.82, 2.24) is 9.99 Å². The fraction of sp³-hybridized carbons (Fsp3) is 0.172. The van der Waals surface area contributed by atoms with Gasteiger partial charge in [0.2, 0.25) is 5.91 Å².